The first-order valence-corrected chi connectivity index (χ1v) is 11.7. The van der Waals surface area contributed by atoms with Crippen molar-refractivity contribution in [3.05, 3.63) is 65.2 Å². The van der Waals surface area contributed by atoms with Crippen LogP contribution in [0.1, 0.15) is 34.3 Å². The summed E-state index contributed by atoms with van der Waals surface area (Å²) in [6.45, 7) is 2.53. The second kappa shape index (κ2) is 12.3. The zero-order valence-electron chi connectivity index (χ0n) is 18.4. The van der Waals surface area contributed by atoms with Gasteiger partial charge in [-0.15, -0.1) is 0 Å². The normalized spacial score (nSPS) is 11.6. The van der Waals surface area contributed by atoms with Gasteiger partial charge in [0.15, 0.2) is 0 Å². The minimum absolute atomic E-state index is 0.118. The first kappa shape index (κ1) is 23.8. The zero-order valence-corrected chi connectivity index (χ0v) is 19.2. The number of hydrogen-bond acceptors (Lipinski definition) is 4. The number of anilines is 1. The fraction of sp³-hybridized carbons (Fsp3) is 0.417. The lowest BCUT2D eigenvalue weighted by Crippen LogP contribution is -2.47. The summed E-state index contributed by atoms with van der Waals surface area (Å²) in [6.07, 6.45) is 4.36. The molecule has 0 radical (unpaired) electrons. The van der Waals surface area contributed by atoms with Gasteiger partial charge < -0.3 is 15.5 Å². The summed E-state index contributed by atoms with van der Waals surface area (Å²) in [5.41, 5.74) is 4.03. The highest BCUT2D eigenvalue weighted by Crippen LogP contribution is 2.13. The van der Waals surface area contributed by atoms with Gasteiger partial charge in [-0.05, 0) is 68.0 Å². The van der Waals surface area contributed by atoms with E-state index in [9.17, 15) is 9.59 Å². The van der Waals surface area contributed by atoms with Crippen molar-refractivity contribution in [2.45, 2.75) is 32.2 Å². The minimum atomic E-state index is -0.523. The van der Waals surface area contributed by atoms with Crippen LogP contribution in [0.5, 0.6) is 0 Å². The Labute approximate surface area is 184 Å². The molecular weight excluding hydrogens is 394 g/mol. The molecule has 30 heavy (non-hydrogen) atoms. The van der Waals surface area contributed by atoms with Crippen LogP contribution in [0.2, 0.25) is 0 Å². The van der Waals surface area contributed by atoms with Crippen LogP contribution in [0, 0.1) is 6.92 Å². The first-order chi connectivity index (χ1) is 14.4. The number of benzene rings is 2. The summed E-state index contributed by atoms with van der Waals surface area (Å²) in [7, 11) is 4.05. The van der Waals surface area contributed by atoms with Gasteiger partial charge in [-0.25, -0.2) is 0 Å². The van der Waals surface area contributed by atoms with E-state index in [1.54, 1.807) is 17.8 Å². The number of carbonyl (C=O) groups excluding carboxylic acids is 2. The van der Waals surface area contributed by atoms with E-state index in [2.05, 4.69) is 39.8 Å². The third-order valence-corrected chi connectivity index (χ3v) is 5.55. The summed E-state index contributed by atoms with van der Waals surface area (Å²) in [5.74, 6) is 0.485. The van der Waals surface area contributed by atoms with Crippen molar-refractivity contribution in [1.82, 2.24) is 10.6 Å². The van der Waals surface area contributed by atoms with Crippen LogP contribution in [0.3, 0.4) is 0 Å². The Morgan fingerprint density at radius 1 is 1.10 bits per heavy atom. The number of aryl methyl sites for hydroxylation is 2. The molecule has 0 aliphatic carbocycles. The van der Waals surface area contributed by atoms with Crippen molar-refractivity contribution in [2.24, 2.45) is 0 Å². The molecule has 2 rings (SSSR count). The maximum atomic E-state index is 12.7. The number of hydrogen-bond donors (Lipinski definition) is 2. The average Bonchev–Trinajstić information content (AvgIpc) is 2.74. The van der Waals surface area contributed by atoms with Gasteiger partial charge in [-0.3, -0.25) is 9.59 Å². The lowest BCUT2D eigenvalue weighted by atomic mass is 10.1. The monoisotopic (exact) mass is 427 g/mol. The van der Waals surface area contributed by atoms with Gasteiger partial charge in [0.25, 0.3) is 5.91 Å². The Kier molecular flexibility index (Phi) is 9.74. The lowest BCUT2D eigenvalue weighted by molar-refractivity contribution is -0.123. The second-order valence-corrected chi connectivity index (χ2v) is 8.62. The van der Waals surface area contributed by atoms with Gasteiger partial charge in [0.1, 0.15) is 6.04 Å². The van der Waals surface area contributed by atoms with Crippen LogP contribution in [0.4, 0.5) is 5.69 Å². The topological polar surface area (TPSA) is 61.4 Å². The predicted molar refractivity (Wildman–Crippen MR) is 128 cm³/mol. The molecule has 6 heteroatoms. The van der Waals surface area contributed by atoms with Gasteiger partial charge in [0, 0.05) is 31.9 Å². The number of thioether (sulfide) groups is 1. The number of rotatable bonds is 11. The van der Waals surface area contributed by atoms with Crippen molar-refractivity contribution >= 4 is 29.3 Å². The van der Waals surface area contributed by atoms with Crippen molar-refractivity contribution in [1.29, 1.82) is 0 Å². The van der Waals surface area contributed by atoms with Crippen LogP contribution in [0.25, 0.3) is 0 Å². The molecule has 1 atom stereocenters. The molecule has 0 aliphatic heterocycles. The molecule has 0 aliphatic rings. The highest BCUT2D eigenvalue weighted by molar-refractivity contribution is 7.98. The van der Waals surface area contributed by atoms with Crippen LogP contribution in [-0.2, 0) is 11.2 Å². The van der Waals surface area contributed by atoms with Crippen molar-refractivity contribution in [3.8, 4) is 0 Å². The van der Waals surface area contributed by atoms with Gasteiger partial charge >= 0.3 is 0 Å². The second-order valence-electron chi connectivity index (χ2n) is 7.63. The van der Waals surface area contributed by atoms with Crippen molar-refractivity contribution in [2.75, 3.05) is 37.5 Å². The Morgan fingerprint density at radius 3 is 2.47 bits per heavy atom. The molecule has 2 amide bonds. The molecule has 0 saturated carbocycles. The van der Waals surface area contributed by atoms with Gasteiger partial charge in [0.2, 0.25) is 5.91 Å². The van der Waals surface area contributed by atoms with E-state index >= 15 is 0 Å². The molecule has 0 fully saturated rings. The molecule has 0 spiro atoms. The van der Waals surface area contributed by atoms with Gasteiger partial charge in [0.05, 0.1) is 0 Å². The van der Waals surface area contributed by atoms with E-state index < -0.39 is 6.04 Å². The SMILES string of the molecule is CSCCC(NC(=O)c1cccc(C)c1)C(=O)NCCCc1ccc(N(C)C)cc1. The van der Waals surface area contributed by atoms with Gasteiger partial charge in [-0.1, -0.05) is 29.8 Å². The van der Waals surface area contributed by atoms with E-state index in [1.165, 1.54) is 11.3 Å². The third-order valence-electron chi connectivity index (χ3n) is 4.91. The summed E-state index contributed by atoms with van der Waals surface area (Å²) >= 11 is 1.67. The largest absolute Gasteiger partial charge is 0.378 e. The van der Waals surface area contributed by atoms with E-state index in [-0.39, 0.29) is 11.8 Å². The zero-order chi connectivity index (χ0) is 21.9. The average molecular weight is 428 g/mol. The molecule has 2 aromatic carbocycles. The van der Waals surface area contributed by atoms with E-state index in [4.69, 9.17) is 0 Å². The highest BCUT2D eigenvalue weighted by Gasteiger charge is 2.20. The summed E-state index contributed by atoms with van der Waals surface area (Å²) in [5, 5.41) is 5.89. The van der Waals surface area contributed by atoms with Gasteiger partial charge in [-0.2, -0.15) is 11.8 Å². The van der Waals surface area contributed by atoms with Crippen LogP contribution >= 0.6 is 11.8 Å². The molecule has 0 heterocycles. The molecule has 0 bridgehead atoms. The Morgan fingerprint density at radius 2 is 1.83 bits per heavy atom. The molecule has 162 valence electrons. The first-order valence-electron chi connectivity index (χ1n) is 10.3. The van der Waals surface area contributed by atoms with Crippen LogP contribution < -0.4 is 15.5 Å². The van der Waals surface area contributed by atoms with Crippen LogP contribution in [-0.4, -0.2) is 50.5 Å². The number of carbonyl (C=O) groups is 2. The number of nitrogens with one attached hydrogen (secondary N) is 2. The lowest BCUT2D eigenvalue weighted by Gasteiger charge is -2.18. The van der Waals surface area contributed by atoms with E-state index in [0.717, 1.165) is 24.2 Å². The Hall–Kier alpha value is -2.47. The smallest absolute Gasteiger partial charge is 0.251 e. The predicted octanol–water partition coefficient (Wildman–Crippen LogP) is 3.66. The Balaban J connectivity index is 1.84. The summed E-state index contributed by atoms with van der Waals surface area (Å²) in [4.78, 5) is 27.3. The summed E-state index contributed by atoms with van der Waals surface area (Å²) in [6, 6.07) is 15.3. The fourth-order valence-electron chi connectivity index (χ4n) is 3.12. The molecule has 0 aromatic heterocycles. The highest BCUT2D eigenvalue weighted by atomic mass is 32.2. The fourth-order valence-corrected chi connectivity index (χ4v) is 3.59. The molecule has 1 unspecified atom stereocenters. The molecule has 5 nitrogen and oxygen atoms in total. The standard InChI is InChI=1S/C24H33N3O2S/c1-18-7-5-9-20(17-18)23(28)26-22(14-16-30-4)24(29)25-15-6-8-19-10-12-21(13-11-19)27(2)3/h5,7,9-13,17,22H,6,8,14-16H2,1-4H3,(H,25,29)(H,26,28). The molecule has 2 aromatic rings. The van der Waals surface area contributed by atoms with Crippen molar-refractivity contribution < 1.29 is 9.59 Å². The minimum Gasteiger partial charge on any atom is -0.378 e. The molecule has 0 saturated heterocycles. The van der Waals surface area contributed by atoms with E-state index in [1.807, 2.05) is 45.5 Å². The maximum absolute atomic E-state index is 12.7. The maximum Gasteiger partial charge on any atom is 0.251 e. The molecular formula is C24H33N3O2S. The van der Waals surface area contributed by atoms with E-state index in [0.29, 0.717) is 18.5 Å². The Bertz CT molecular complexity index is 821. The summed E-state index contributed by atoms with van der Waals surface area (Å²) < 4.78 is 0. The van der Waals surface area contributed by atoms with Crippen molar-refractivity contribution in [3.63, 3.8) is 0 Å². The third kappa shape index (κ3) is 7.75. The quantitative estimate of drug-likeness (QED) is 0.537. The molecule has 2 N–H and O–H groups in total. The number of nitrogens with zero attached hydrogens (tertiary/aromatic N) is 1. The van der Waals surface area contributed by atoms with Crippen LogP contribution in [0.15, 0.2) is 48.5 Å². The number of amides is 2.